The Hall–Kier alpha value is -1.98. The van der Waals surface area contributed by atoms with Gasteiger partial charge in [0.15, 0.2) is 5.97 Å². The minimum Gasteiger partial charge on any atom is -0.644 e. The molecular weight excluding hydrogens is 1190 g/mol. The molecule has 23 heavy (non-hydrogen) atoms. The summed E-state index contributed by atoms with van der Waals surface area (Å²) in [5.74, 6) is 0.509. The van der Waals surface area contributed by atoms with Gasteiger partial charge in [0.2, 0.25) is 0 Å². The second kappa shape index (κ2) is 14.9. The Labute approximate surface area is 156 Å². The zero-order valence-electron chi connectivity index (χ0n) is 12.6. The molecule has 0 aliphatic carbocycles. The van der Waals surface area contributed by atoms with Crippen LogP contribution in [0, 0.1) is 24.9 Å². The first kappa shape index (κ1) is 29.1. The summed E-state index contributed by atoms with van der Waals surface area (Å²) in [5, 5.41) is 0. The Morgan fingerprint density at radius 3 is 2.30 bits per heavy atom. The van der Waals surface area contributed by atoms with Crippen LogP contribution in [0.1, 0.15) is 11.1 Å². The number of carbonyl (C=O) groups excluding carboxylic acids is 1. The molecule has 0 aliphatic heterocycles. The molecule has 1 unspecified atom stereocenters. The number of nitrogens with zero attached hydrogens (tertiary/aromatic N) is 1. The average Bonchev–Trinajstić information content (AvgIpc) is 2.36. The molecule has 0 aromatic heterocycles. The van der Waals surface area contributed by atoms with Gasteiger partial charge < -0.3 is 15.2 Å². The van der Waals surface area contributed by atoms with Crippen molar-refractivity contribution in [2.24, 2.45) is 4.58 Å². The van der Waals surface area contributed by atoms with Crippen LogP contribution in [0.15, 0.2) is 16.7 Å². The Bertz CT molecular complexity index is 490. The SMILES string of the molecule is Cc1cc(OC(=O)[CH-]PSN=O)c(C)cc1OC[NH-].[Re].[Re].[Rf].[Rf]. The maximum Gasteiger partial charge on any atom is 0.179 e. The summed E-state index contributed by atoms with van der Waals surface area (Å²) >= 11 is 0.763. The van der Waals surface area contributed by atoms with Crippen LogP contribution in [0.2, 0.25) is 0 Å². The first-order chi connectivity index (χ1) is 9.08. The van der Waals surface area contributed by atoms with Crippen LogP contribution in [0.25, 0.3) is 5.73 Å². The monoisotopic (exact) mass is 1210 g/mol. The Balaban J connectivity index is -0.000000451. The van der Waals surface area contributed by atoms with Crippen molar-refractivity contribution in [3.63, 3.8) is 0 Å². The summed E-state index contributed by atoms with van der Waals surface area (Å²) in [4.78, 5) is 21.3. The molecule has 0 fully saturated rings. The van der Waals surface area contributed by atoms with Crippen molar-refractivity contribution < 1.29 is 55.1 Å². The number of aryl methyl sites for hydroxylation is 2. The molecular formula is C11H13N2O4PRe2Rf2S-2. The molecule has 0 heterocycles. The van der Waals surface area contributed by atoms with Crippen LogP contribution in [0.5, 0.6) is 11.5 Å². The fourth-order valence-electron chi connectivity index (χ4n) is 1.34. The van der Waals surface area contributed by atoms with E-state index in [0.29, 0.717) is 11.5 Å². The van der Waals surface area contributed by atoms with E-state index in [1.807, 2.05) is 0 Å². The second-order valence-electron chi connectivity index (χ2n) is 3.52. The Morgan fingerprint density at radius 1 is 1.26 bits per heavy atom. The first-order valence-corrected chi connectivity index (χ1v) is 7.84. The molecule has 1 rings (SSSR count). The molecule has 0 spiro atoms. The summed E-state index contributed by atoms with van der Waals surface area (Å²) in [6.45, 7) is 3.42. The van der Waals surface area contributed by atoms with Crippen LogP contribution < -0.4 is 9.47 Å². The van der Waals surface area contributed by atoms with Crippen molar-refractivity contribution in [3.05, 3.63) is 40.1 Å². The zero-order chi connectivity index (χ0) is 14.3. The molecule has 122 valence electrons. The molecule has 2 radical (unpaired) electrons. The minimum atomic E-state index is -0.522. The van der Waals surface area contributed by atoms with Crippen LogP contribution in [-0.4, -0.2) is 12.7 Å². The van der Waals surface area contributed by atoms with E-state index in [4.69, 9.17) is 15.2 Å². The number of nitrogens with one attached hydrogen (secondary N) is 1. The molecule has 0 saturated carbocycles. The minimum absolute atomic E-state index is 0. The van der Waals surface area contributed by atoms with E-state index in [1.54, 1.807) is 26.0 Å². The molecule has 0 amide bonds. The predicted molar refractivity (Wildman–Crippen MR) is 77.4 cm³/mol. The van der Waals surface area contributed by atoms with Gasteiger partial charge in [-0.15, -0.1) is 4.91 Å². The summed E-state index contributed by atoms with van der Waals surface area (Å²) in [6, 6.07) is 3.40. The number of ether oxygens (including phenoxy) is 2. The number of hydrogen-bond donors (Lipinski definition) is 0. The fourth-order valence-corrected chi connectivity index (χ4v) is 2.17. The van der Waals surface area contributed by atoms with E-state index in [-0.39, 0.29) is 55.4 Å². The molecule has 0 bridgehead atoms. The van der Waals surface area contributed by atoms with Gasteiger partial charge in [-0.1, -0.05) is 0 Å². The third kappa shape index (κ3) is 9.61. The molecule has 0 aliphatic rings. The summed E-state index contributed by atoms with van der Waals surface area (Å²) < 4.78 is 12.9. The maximum absolute atomic E-state index is 11.5. The summed E-state index contributed by atoms with van der Waals surface area (Å²) in [7, 11) is -0.0555. The number of hydrogen-bond acceptors (Lipinski definition) is 6. The van der Waals surface area contributed by atoms with Gasteiger partial charge >= 0.3 is 0 Å². The third-order valence-electron chi connectivity index (χ3n) is 2.18. The van der Waals surface area contributed by atoms with Crippen molar-refractivity contribution in [2.45, 2.75) is 13.8 Å². The van der Waals surface area contributed by atoms with E-state index >= 15 is 0 Å². The number of nitroso groups, excluding NO2 is 1. The quantitative estimate of drug-likeness (QED) is 0.0791. The second-order valence-corrected chi connectivity index (χ2v) is 5.63. The summed E-state index contributed by atoms with van der Waals surface area (Å²) in [6.07, 6.45) is 1.27. The van der Waals surface area contributed by atoms with Crippen molar-refractivity contribution in [1.82, 2.24) is 0 Å². The molecule has 1 aromatic rings. The van der Waals surface area contributed by atoms with Gasteiger partial charge in [-0.25, -0.2) is 0 Å². The fraction of sp³-hybridized carbons (Fsp3) is 0.273. The van der Waals surface area contributed by atoms with E-state index in [9.17, 15) is 9.70 Å². The molecule has 0 saturated heterocycles. The van der Waals surface area contributed by atoms with Crippen molar-refractivity contribution in [1.29, 1.82) is 0 Å². The van der Waals surface area contributed by atoms with Crippen molar-refractivity contribution in [2.75, 3.05) is 6.73 Å². The first-order valence-electron chi connectivity index (χ1n) is 5.26. The van der Waals surface area contributed by atoms with Crippen LogP contribution in [0.3, 0.4) is 0 Å². The van der Waals surface area contributed by atoms with Gasteiger partial charge in [0.1, 0.15) is 11.5 Å². The van der Waals surface area contributed by atoms with Gasteiger partial charge in [-0.2, -0.15) is 7.78 Å². The number of benzene rings is 1. The van der Waals surface area contributed by atoms with Crippen molar-refractivity contribution in [3.8, 4) is 11.5 Å². The van der Waals surface area contributed by atoms with Gasteiger partial charge in [-0.05, 0) is 43.8 Å². The van der Waals surface area contributed by atoms with Crippen molar-refractivity contribution >= 4 is 25.3 Å². The topological polar surface area (TPSA) is 88.8 Å². The Morgan fingerprint density at radius 2 is 1.78 bits per heavy atom. The normalized spacial score (nSPS) is 8.65. The average molecular weight is 1210 g/mol. The van der Waals surface area contributed by atoms with Crippen LogP contribution in [-0.2, 0) is 45.6 Å². The molecule has 12 heteroatoms. The van der Waals surface area contributed by atoms with E-state index in [0.717, 1.165) is 22.7 Å². The maximum atomic E-state index is 11.5. The standard InChI is InChI=1S/C11H13N2O4PS.2Re.2Rf/c1-7-4-10(8(2)3-9(7)16-6-12)17-11(14)5-18-19-13-15;;;;/h3-5,12,18H,6H2,1-2H3;;;;/q-2;;;;. The number of esters is 1. The van der Waals surface area contributed by atoms with Gasteiger partial charge in [0.25, 0.3) is 0 Å². The van der Waals surface area contributed by atoms with Gasteiger partial charge in [0, 0.05) is 57.0 Å². The summed E-state index contributed by atoms with van der Waals surface area (Å²) in [5.41, 5.74) is 8.54. The molecule has 1 aromatic carbocycles. The Kier molecular flexibility index (Phi) is 18.9. The third-order valence-corrected chi connectivity index (χ3v) is 3.60. The van der Waals surface area contributed by atoms with Gasteiger partial charge in [0.05, 0.1) is 0 Å². The van der Waals surface area contributed by atoms with E-state index in [1.165, 1.54) is 6.16 Å². The van der Waals surface area contributed by atoms with E-state index in [2.05, 4.69) is 4.58 Å². The molecule has 6 nitrogen and oxygen atoms in total. The van der Waals surface area contributed by atoms with Crippen LogP contribution >= 0.6 is 19.4 Å². The van der Waals surface area contributed by atoms with E-state index < -0.39 is 5.97 Å². The number of rotatable bonds is 7. The molecule has 1 atom stereocenters. The largest absolute Gasteiger partial charge is 0.644 e. The molecule has 1 N–H and O–H groups in total. The zero-order valence-corrected chi connectivity index (χ0v) is 32.6. The van der Waals surface area contributed by atoms with Crippen LogP contribution in [0.4, 0.5) is 0 Å². The van der Waals surface area contributed by atoms with Gasteiger partial charge in [-0.3, -0.25) is 11.0 Å². The predicted octanol–water partition coefficient (Wildman–Crippen LogP) is 3.76. The smallest absolute Gasteiger partial charge is 0.179 e. The number of carbonyl (C=O) groups is 1.